The van der Waals surface area contributed by atoms with Gasteiger partial charge in [-0.15, -0.1) is 0 Å². The first-order valence-corrected chi connectivity index (χ1v) is 9.22. The summed E-state index contributed by atoms with van der Waals surface area (Å²) >= 11 is 0. The summed E-state index contributed by atoms with van der Waals surface area (Å²) in [6, 6.07) is 15.4. The fourth-order valence-electron chi connectivity index (χ4n) is 3.29. The molecule has 0 saturated carbocycles. The van der Waals surface area contributed by atoms with Crippen LogP contribution in [0.25, 0.3) is 17.0 Å². The van der Waals surface area contributed by atoms with Crippen LogP contribution in [0, 0.1) is 0 Å². The Morgan fingerprint density at radius 3 is 2.79 bits per heavy atom. The Morgan fingerprint density at radius 2 is 1.96 bits per heavy atom. The number of carbonyl (C=O) groups excluding carboxylic acids is 1. The molecule has 0 bridgehead atoms. The van der Waals surface area contributed by atoms with Crippen molar-refractivity contribution in [2.75, 3.05) is 43.6 Å². The maximum atomic E-state index is 12.5. The molecule has 6 nitrogen and oxygen atoms in total. The van der Waals surface area contributed by atoms with E-state index in [-0.39, 0.29) is 5.91 Å². The zero-order valence-electron chi connectivity index (χ0n) is 15.7. The smallest absolute Gasteiger partial charge is 0.248 e. The van der Waals surface area contributed by atoms with Crippen LogP contribution in [0.1, 0.15) is 5.76 Å². The number of nitrogens with zero attached hydrogens (tertiary/aromatic N) is 1. The van der Waals surface area contributed by atoms with Gasteiger partial charge in [-0.25, -0.2) is 0 Å². The summed E-state index contributed by atoms with van der Waals surface area (Å²) in [7, 11) is 1.60. The summed E-state index contributed by atoms with van der Waals surface area (Å²) < 4.78 is 16.5. The van der Waals surface area contributed by atoms with Crippen molar-refractivity contribution in [3.05, 3.63) is 60.4 Å². The number of nitrogens with one attached hydrogen (secondary N) is 1. The highest BCUT2D eigenvalue weighted by atomic mass is 16.5. The van der Waals surface area contributed by atoms with Gasteiger partial charge in [0, 0.05) is 24.6 Å². The van der Waals surface area contributed by atoms with Gasteiger partial charge in [-0.05, 0) is 30.3 Å². The maximum Gasteiger partial charge on any atom is 0.248 e. The van der Waals surface area contributed by atoms with Crippen LogP contribution in [0.4, 0.5) is 11.4 Å². The number of anilines is 2. The van der Waals surface area contributed by atoms with E-state index in [1.54, 1.807) is 13.2 Å². The van der Waals surface area contributed by atoms with E-state index in [2.05, 4.69) is 10.2 Å². The lowest BCUT2D eigenvalue weighted by molar-refractivity contribution is -0.111. The monoisotopic (exact) mass is 378 g/mol. The van der Waals surface area contributed by atoms with Crippen molar-refractivity contribution in [2.24, 2.45) is 0 Å². The quantitative estimate of drug-likeness (QED) is 0.682. The normalized spacial score (nSPS) is 14.5. The molecule has 2 aromatic carbocycles. The Morgan fingerprint density at radius 1 is 1.14 bits per heavy atom. The van der Waals surface area contributed by atoms with Gasteiger partial charge in [-0.3, -0.25) is 4.79 Å². The molecule has 2 heterocycles. The zero-order chi connectivity index (χ0) is 19.3. The number of furan rings is 1. The molecule has 1 fully saturated rings. The number of carbonyl (C=O) groups is 1. The number of amides is 1. The van der Waals surface area contributed by atoms with Crippen molar-refractivity contribution in [1.82, 2.24) is 0 Å². The Balaban J connectivity index is 1.49. The molecule has 3 aromatic rings. The molecular weight excluding hydrogens is 356 g/mol. The van der Waals surface area contributed by atoms with Crippen LogP contribution in [0.15, 0.2) is 59.0 Å². The van der Waals surface area contributed by atoms with Crippen molar-refractivity contribution in [3.63, 3.8) is 0 Å². The number of hydrogen-bond acceptors (Lipinski definition) is 5. The van der Waals surface area contributed by atoms with Gasteiger partial charge in [-0.1, -0.05) is 24.3 Å². The van der Waals surface area contributed by atoms with E-state index in [0.717, 1.165) is 29.9 Å². The summed E-state index contributed by atoms with van der Waals surface area (Å²) in [6.45, 7) is 3.00. The highest BCUT2D eigenvalue weighted by Gasteiger charge is 2.15. The Kier molecular flexibility index (Phi) is 5.30. The molecule has 0 aliphatic carbocycles. The van der Waals surface area contributed by atoms with Crippen molar-refractivity contribution >= 4 is 34.3 Å². The first kappa shape index (κ1) is 18.1. The molecule has 1 aliphatic rings. The lowest BCUT2D eigenvalue weighted by atomic mass is 10.2. The molecule has 0 spiro atoms. The second-order valence-electron chi connectivity index (χ2n) is 6.47. The SMILES string of the molecule is COc1cccc2cc(/C=C/C(=O)Nc3ccccc3N3CCOCC3)oc12. The Bertz CT molecular complexity index is 1000. The number of ether oxygens (including phenoxy) is 2. The first-order valence-electron chi connectivity index (χ1n) is 9.22. The molecule has 1 aliphatic heterocycles. The van der Waals surface area contributed by atoms with Crippen LogP contribution in [-0.4, -0.2) is 39.3 Å². The number of fused-ring (bicyclic) bond motifs is 1. The maximum absolute atomic E-state index is 12.5. The first-order chi connectivity index (χ1) is 13.7. The number of rotatable bonds is 5. The van der Waals surface area contributed by atoms with Gasteiger partial charge < -0.3 is 24.1 Å². The predicted octanol–water partition coefficient (Wildman–Crippen LogP) is 3.93. The van der Waals surface area contributed by atoms with E-state index in [4.69, 9.17) is 13.9 Å². The van der Waals surface area contributed by atoms with Gasteiger partial charge in [0.15, 0.2) is 11.3 Å². The van der Waals surface area contributed by atoms with Crippen LogP contribution < -0.4 is 15.0 Å². The van der Waals surface area contributed by atoms with Crippen molar-refractivity contribution < 1.29 is 18.7 Å². The van der Waals surface area contributed by atoms with Crippen LogP contribution in [-0.2, 0) is 9.53 Å². The fraction of sp³-hybridized carbons (Fsp3) is 0.227. The molecule has 1 N–H and O–H groups in total. The minimum atomic E-state index is -0.215. The highest BCUT2D eigenvalue weighted by Crippen LogP contribution is 2.29. The van der Waals surface area contributed by atoms with E-state index in [9.17, 15) is 4.79 Å². The lowest BCUT2D eigenvalue weighted by Gasteiger charge is -2.30. The minimum Gasteiger partial charge on any atom is -0.493 e. The third kappa shape index (κ3) is 3.87. The molecule has 0 atom stereocenters. The van der Waals surface area contributed by atoms with Crippen molar-refractivity contribution in [3.8, 4) is 5.75 Å². The predicted molar refractivity (Wildman–Crippen MR) is 110 cm³/mol. The molecular formula is C22H22N2O4. The minimum absolute atomic E-state index is 0.215. The molecule has 144 valence electrons. The van der Waals surface area contributed by atoms with E-state index >= 15 is 0 Å². The second-order valence-corrected chi connectivity index (χ2v) is 6.47. The van der Waals surface area contributed by atoms with Gasteiger partial charge in [-0.2, -0.15) is 0 Å². The fourth-order valence-corrected chi connectivity index (χ4v) is 3.29. The number of hydrogen-bond donors (Lipinski definition) is 1. The highest BCUT2D eigenvalue weighted by molar-refractivity contribution is 6.04. The van der Waals surface area contributed by atoms with Crippen LogP contribution >= 0.6 is 0 Å². The topological polar surface area (TPSA) is 63.9 Å². The van der Waals surface area contributed by atoms with Gasteiger partial charge in [0.05, 0.1) is 31.7 Å². The van der Waals surface area contributed by atoms with Crippen LogP contribution in [0.2, 0.25) is 0 Å². The molecule has 4 rings (SSSR count). The van der Waals surface area contributed by atoms with Crippen LogP contribution in [0.3, 0.4) is 0 Å². The van der Waals surface area contributed by atoms with Gasteiger partial charge in [0.25, 0.3) is 0 Å². The van der Waals surface area contributed by atoms with Gasteiger partial charge in [0.1, 0.15) is 5.76 Å². The summed E-state index contributed by atoms with van der Waals surface area (Å²) in [5.41, 5.74) is 2.45. The van der Waals surface area contributed by atoms with Crippen molar-refractivity contribution in [2.45, 2.75) is 0 Å². The number of methoxy groups -OCH3 is 1. The lowest BCUT2D eigenvalue weighted by Crippen LogP contribution is -2.36. The molecule has 1 amide bonds. The Labute approximate surface area is 163 Å². The van der Waals surface area contributed by atoms with Gasteiger partial charge in [0.2, 0.25) is 5.91 Å². The third-order valence-electron chi connectivity index (χ3n) is 4.66. The van der Waals surface area contributed by atoms with Crippen LogP contribution in [0.5, 0.6) is 5.75 Å². The molecule has 0 unspecified atom stereocenters. The molecule has 1 aromatic heterocycles. The zero-order valence-corrected chi connectivity index (χ0v) is 15.7. The van der Waals surface area contributed by atoms with Crippen molar-refractivity contribution in [1.29, 1.82) is 0 Å². The summed E-state index contributed by atoms with van der Waals surface area (Å²) in [5, 5.41) is 3.89. The summed E-state index contributed by atoms with van der Waals surface area (Å²) in [6.07, 6.45) is 3.13. The van der Waals surface area contributed by atoms with Gasteiger partial charge >= 0.3 is 0 Å². The number of morpholine rings is 1. The van der Waals surface area contributed by atoms with E-state index in [1.807, 2.05) is 48.5 Å². The molecule has 0 radical (unpaired) electrons. The molecule has 28 heavy (non-hydrogen) atoms. The Hall–Kier alpha value is -3.25. The molecule has 6 heteroatoms. The number of benzene rings is 2. The largest absolute Gasteiger partial charge is 0.493 e. The standard InChI is InChI=1S/C22H22N2O4/c1-26-20-8-4-5-16-15-17(28-22(16)20)9-10-21(25)23-18-6-2-3-7-19(18)24-11-13-27-14-12-24/h2-10,15H,11-14H2,1H3,(H,23,25)/b10-9+. The van der Waals surface area contributed by atoms with E-state index in [1.165, 1.54) is 6.08 Å². The number of para-hydroxylation sites is 3. The molecule has 1 saturated heterocycles. The average Bonchev–Trinajstić information content (AvgIpc) is 3.16. The van der Waals surface area contributed by atoms with E-state index < -0.39 is 0 Å². The second kappa shape index (κ2) is 8.19. The van der Waals surface area contributed by atoms with E-state index in [0.29, 0.717) is 30.3 Å². The third-order valence-corrected chi connectivity index (χ3v) is 4.66. The summed E-state index contributed by atoms with van der Waals surface area (Å²) in [4.78, 5) is 14.7. The average molecular weight is 378 g/mol. The summed E-state index contributed by atoms with van der Waals surface area (Å²) in [5.74, 6) is 1.05.